The normalized spacial score (nSPS) is 13.4. The maximum atomic E-state index is 12.2. The molecule has 1 heterocycles. The number of anilines is 1. The zero-order valence-corrected chi connectivity index (χ0v) is 16.9. The maximum Gasteiger partial charge on any atom is 0.225 e. The molecule has 0 fully saturated rings. The molecule has 140 valence electrons. The van der Waals surface area contributed by atoms with E-state index in [0.717, 1.165) is 47.7 Å². The number of pyridine rings is 1. The summed E-state index contributed by atoms with van der Waals surface area (Å²) in [6, 6.07) is 9.71. The quantitative estimate of drug-likeness (QED) is 0.546. The Hall–Kier alpha value is -2.03. The molecule has 0 saturated carbocycles. The van der Waals surface area contributed by atoms with E-state index in [1.54, 1.807) is 6.07 Å². The molecule has 0 unspecified atom stereocenters. The number of benzene rings is 1. The van der Waals surface area contributed by atoms with Crippen LogP contribution in [-0.4, -0.2) is 16.6 Å². The van der Waals surface area contributed by atoms with Gasteiger partial charge in [0.15, 0.2) is 0 Å². The topological polar surface area (TPSA) is 65.8 Å². The number of rotatable bonds is 5. The fourth-order valence-electron chi connectivity index (χ4n) is 3.18. The number of hydrogen-bond donors (Lipinski definition) is 1. The molecule has 0 radical (unpaired) electrons. The highest BCUT2D eigenvalue weighted by Gasteiger charge is 2.15. The predicted octanol–water partition coefficient (Wildman–Crippen LogP) is 5.30. The number of nitrogens with one attached hydrogen (secondary N) is 1. The minimum Gasteiger partial charge on any atom is -0.326 e. The molecule has 3 rings (SSSR count). The molecule has 1 N–H and O–H groups in total. The predicted molar refractivity (Wildman–Crippen MR) is 110 cm³/mol. The van der Waals surface area contributed by atoms with Crippen LogP contribution in [0.1, 0.15) is 48.1 Å². The van der Waals surface area contributed by atoms with Crippen LogP contribution in [-0.2, 0) is 17.6 Å². The molecule has 0 saturated heterocycles. The molecular formula is C21H22ClN3OS. The minimum absolute atomic E-state index is 0.0684. The van der Waals surface area contributed by atoms with Gasteiger partial charge in [0.25, 0.3) is 0 Å². The van der Waals surface area contributed by atoms with E-state index in [0.29, 0.717) is 22.8 Å². The van der Waals surface area contributed by atoms with Gasteiger partial charge in [-0.15, -0.1) is 11.8 Å². The van der Waals surface area contributed by atoms with Gasteiger partial charge < -0.3 is 5.32 Å². The molecule has 6 heteroatoms. The molecule has 27 heavy (non-hydrogen) atoms. The van der Waals surface area contributed by atoms with E-state index < -0.39 is 0 Å². The van der Waals surface area contributed by atoms with E-state index in [2.05, 4.69) is 11.4 Å². The fraction of sp³-hybridized carbons (Fsp3) is 0.381. The van der Waals surface area contributed by atoms with Crippen LogP contribution < -0.4 is 5.32 Å². The van der Waals surface area contributed by atoms with Gasteiger partial charge in [-0.25, -0.2) is 4.98 Å². The average Bonchev–Trinajstić information content (AvgIpc) is 2.89. The fourth-order valence-corrected chi connectivity index (χ4v) is 4.27. The van der Waals surface area contributed by atoms with Gasteiger partial charge in [-0.1, -0.05) is 24.1 Å². The van der Waals surface area contributed by atoms with Crippen LogP contribution in [0.15, 0.2) is 29.3 Å². The van der Waals surface area contributed by atoms with Crippen LogP contribution in [0.3, 0.4) is 0 Å². The SMILES string of the molecule is Cc1c(Cl)cccc1NC(=O)CCSc1nc2c(cc1C#N)CCCCC2. The summed E-state index contributed by atoms with van der Waals surface area (Å²) in [5, 5.41) is 13.7. The van der Waals surface area contributed by atoms with Crippen molar-refractivity contribution in [1.82, 2.24) is 4.98 Å². The summed E-state index contributed by atoms with van der Waals surface area (Å²) < 4.78 is 0. The number of carbonyl (C=O) groups excluding carboxylic acids is 1. The third-order valence-electron chi connectivity index (χ3n) is 4.75. The largest absolute Gasteiger partial charge is 0.326 e. The van der Waals surface area contributed by atoms with E-state index in [1.165, 1.54) is 23.7 Å². The van der Waals surface area contributed by atoms with Gasteiger partial charge in [-0.2, -0.15) is 5.26 Å². The maximum absolute atomic E-state index is 12.2. The first-order valence-corrected chi connectivity index (χ1v) is 10.6. The lowest BCUT2D eigenvalue weighted by molar-refractivity contribution is -0.115. The molecule has 1 amide bonds. The zero-order valence-electron chi connectivity index (χ0n) is 15.3. The number of nitrogens with zero attached hydrogens (tertiary/aromatic N) is 2. The van der Waals surface area contributed by atoms with Crippen molar-refractivity contribution in [1.29, 1.82) is 5.26 Å². The van der Waals surface area contributed by atoms with Gasteiger partial charge in [-0.3, -0.25) is 4.79 Å². The van der Waals surface area contributed by atoms with Crippen LogP contribution in [0.4, 0.5) is 5.69 Å². The first-order valence-electron chi connectivity index (χ1n) is 9.19. The first-order chi connectivity index (χ1) is 13.1. The molecule has 1 aliphatic rings. The highest BCUT2D eigenvalue weighted by Crippen LogP contribution is 2.28. The smallest absolute Gasteiger partial charge is 0.225 e. The van der Waals surface area contributed by atoms with Crippen molar-refractivity contribution >= 4 is 35.0 Å². The third kappa shape index (κ3) is 5.03. The van der Waals surface area contributed by atoms with Crippen LogP contribution in [0, 0.1) is 18.3 Å². The molecule has 0 bridgehead atoms. The van der Waals surface area contributed by atoms with Crippen molar-refractivity contribution in [2.75, 3.05) is 11.1 Å². The molecule has 1 aromatic carbocycles. The van der Waals surface area contributed by atoms with Crippen molar-refractivity contribution in [2.24, 2.45) is 0 Å². The van der Waals surface area contributed by atoms with Crippen molar-refractivity contribution in [3.8, 4) is 6.07 Å². The lowest BCUT2D eigenvalue weighted by Gasteiger charge is -2.11. The standard InChI is InChI=1S/C21H22ClN3OS/c1-14-17(22)7-5-9-18(14)24-20(26)10-11-27-21-16(13-23)12-15-6-3-2-4-8-19(15)25-21/h5,7,9,12H,2-4,6,8,10-11H2,1H3,(H,24,26). The summed E-state index contributed by atoms with van der Waals surface area (Å²) in [4.78, 5) is 17.0. The zero-order chi connectivity index (χ0) is 19.2. The van der Waals surface area contributed by atoms with E-state index in [-0.39, 0.29) is 5.91 Å². The number of thioether (sulfide) groups is 1. The summed E-state index contributed by atoms with van der Waals surface area (Å²) >= 11 is 7.57. The summed E-state index contributed by atoms with van der Waals surface area (Å²) in [6.45, 7) is 1.88. The number of aryl methyl sites for hydroxylation is 2. The Bertz CT molecular complexity index is 892. The second-order valence-corrected chi connectivity index (χ2v) is 8.17. The Kier molecular flexibility index (Phi) is 6.76. The summed E-state index contributed by atoms with van der Waals surface area (Å²) in [7, 11) is 0. The van der Waals surface area contributed by atoms with E-state index >= 15 is 0 Å². The number of amides is 1. The van der Waals surface area contributed by atoms with Crippen molar-refractivity contribution in [3.05, 3.63) is 51.7 Å². The van der Waals surface area contributed by atoms with Gasteiger partial charge in [0.05, 0.1) is 5.56 Å². The van der Waals surface area contributed by atoms with Crippen molar-refractivity contribution < 1.29 is 4.79 Å². The van der Waals surface area contributed by atoms with Gasteiger partial charge in [-0.05, 0) is 61.9 Å². The second kappa shape index (κ2) is 9.25. The van der Waals surface area contributed by atoms with Crippen molar-refractivity contribution in [3.63, 3.8) is 0 Å². The number of hydrogen-bond acceptors (Lipinski definition) is 4. The molecule has 0 aliphatic heterocycles. The van der Waals surface area contributed by atoms with E-state index in [4.69, 9.17) is 16.6 Å². The third-order valence-corrected chi connectivity index (χ3v) is 6.15. The van der Waals surface area contributed by atoms with E-state index in [1.807, 2.05) is 25.1 Å². The van der Waals surface area contributed by atoms with Crippen LogP contribution in [0.2, 0.25) is 5.02 Å². The Morgan fingerprint density at radius 2 is 2.15 bits per heavy atom. The Morgan fingerprint density at radius 3 is 2.96 bits per heavy atom. The number of nitriles is 1. The number of halogens is 1. The van der Waals surface area contributed by atoms with Crippen LogP contribution in [0.5, 0.6) is 0 Å². The molecule has 0 atom stereocenters. The molecule has 1 aliphatic carbocycles. The summed E-state index contributed by atoms with van der Waals surface area (Å²) in [5.74, 6) is 0.507. The Balaban J connectivity index is 1.61. The van der Waals surface area contributed by atoms with Gasteiger partial charge in [0.2, 0.25) is 5.91 Å². The van der Waals surface area contributed by atoms with Crippen LogP contribution >= 0.6 is 23.4 Å². The molecule has 1 aromatic heterocycles. The second-order valence-electron chi connectivity index (χ2n) is 6.68. The lowest BCUT2D eigenvalue weighted by Crippen LogP contribution is -2.13. The monoisotopic (exact) mass is 399 g/mol. The molecule has 4 nitrogen and oxygen atoms in total. The lowest BCUT2D eigenvalue weighted by atomic mass is 10.1. The average molecular weight is 400 g/mol. The summed E-state index contributed by atoms with van der Waals surface area (Å²) in [5.41, 5.74) is 4.54. The number of aromatic nitrogens is 1. The van der Waals surface area contributed by atoms with Crippen LogP contribution in [0.25, 0.3) is 0 Å². The van der Waals surface area contributed by atoms with Gasteiger partial charge >= 0.3 is 0 Å². The number of carbonyl (C=O) groups is 1. The summed E-state index contributed by atoms with van der Waals surface area (Å²) in [6.07, 6.45) is 5.85. The highest BCUT2D eigenvalue weighted by molar-refractivity contribution is 7.99. The van der Waals surface area contributed by atoms with Gasteiger partial charge in [0.1, 0.15) is 11.1 Å². The number of fused-ring (bicyclic) bond motifs is 1. The Labute approximate surface area is 169 Å². The first kappa shape index (κ1) is 19.7. The highest BCUT2D eigenvalue weighted by atomic mass is 35.5. The molecule has 0 spiro atoms. The van der Waals surface area contributed by atoms with Gasteiger partial charge in [0, 0.05) is 28.6 Å². The minimum atomic E-state index is -0.0684. The molecular weight excluding hydrogens is 378 g/mol. The Morgan fingerprint density at radius 1 is 1.33 bits per heavy atom. The van der Waals surface area contributed by atoms with E-state index in [9.17, 15) is 10.1 Å². The van der Waals surface area contributed by atoms with Crippen molar-refractivity contribution in [2.45, 2.75) is 50.5 Å². The molecule has 2 aromatic rings.